The predicted octanol–water partition coefficient (Wildman–Crippen LogP) is 3.57. The zero-order valence-corrected chi connectivity index (χ0v) is 15.3. The van der Waals surface area contributed by atoms with Crippen LogP contribution in [-0.4, -0.2) is 23.5 Å². The minimum Gasteiger partial charge on any atom is -0.489 e. The molecule has 1 aliphatic carbocycles. The highest BCUT2D eigenvalue weighted by atomic mass is 16.5. The average molecular weight is 367 g/mol. The fourth-order valence-electron chi connectivity index (χ4n) is 3.28. The Bertz CT molecular complexity index is 767. The van der Waals surface area contributed by atoms with Gasteiger partial charge in [0.15, 0.2) is 0 Å². The molecule has 0 bridgehead atoms. The quantitative estimate of drug-likeness (QED) is 0.710. The number of hydrogen-bond acceptors (Lipinski definition) is 3. The number of rotatable bonds is 9. The van der Waals surface area contributed by atoms with Crippen molar-refractivity contribution < 1.29 is 19.4 Å². The maximum atomic E-state index is 12.0. The van der Waals surface area contributed by atoms with Crippen LogP contribution in [0.4, 0.5) is 0 Å². The van der Waals surface area contributed by atoms with Gasteiger partial charge in [-0.2, -0.15) is 0 Å². The van der Waals surface area contributed by atoms with Gasteiger partial charge < -0.3 is 15.2 Å². The first-order valence-corrected chi connectivity index (χ1v) is 9.33. The van der Waals surface area contributed by atoms with E-state index in [9.17, 15) is 14.7 Å². The predicted molar refractivity (Wildman–Crippen MR) is 102 cm³/mol. The van der Waals surface area contributed by atoms with Crippen LogP contribution >= 0.6 is 0 Å². The van der Waals surface area contributed by atoms with Gasteiger partial charge in [-0.15, -0.1) is 0 Å². The van der Waals surface area contributed by atoms with Crippen molar-refractivity contribution in [3.05, 3.63) is 65.7 Å². The first-order chi connectivity index (χ1) is 13.1. The highest BCUT2D eigenvalue weighted by Crippen LogP contribution is 2.44. The van der Waals surface area contributed by atoms with Crippen molar-refractivity contribution in [1.29, 1.82) is 0 Å². The van der Waals surface area contributed by atoms with Gasteiger partial charge >= 0.3 is 5.97 Å². The molecule has 0 saturated heterocycles. The molecule has 0 aromatic heterocycles. The van der Waals surface area contributed by atoms with Crippen LogP contribution in [0, 0.1) is 5.41 Å². The molecule has 0 atom stereocenters. The number of carboxylic acid groups (broad SMARTS) is 1. The third-order valence-corrected chi connectivity index (χ3v) is 5.17. The third-order valence-electron chi connectivity index (χ3n) is 5.17. The van der Waals surface area contributed by atoms with E-state index in [0.717, 1.165) is 23.3 Å². The van der Waals surface area contributed by atoms with Crippen LogP contribution in [-0.2, 0) is 22.6 Å². The summed E-state index contributed by atoms with van der Waals surface area (Å²) in [6, 6.07) is 17.8. The summed E-state index contributed by atoms with van der Waals surface area (Å²) < 4.78 is 5.76. The van der Waals surface area contributed by atoms with E-state index >= 15 is 0 Å². The Hall–Kier alpha value is -2.82. The normalized spacial score (nSPS) is 14.8. The summed E-state index contributed by atoms with van der Waals surface area (Å²) >= 11 is 0. The van der Waals surface area contributed by atoms with E-state index in [2.05, 4.69) is 5.32 Å². The number of aliphatic carboxylic acids is 1. The molecule has 0 spiro atoms. The number of benzene rings is 2. The van der Waals surface area contributed by atoms with E-state index in [1.165, 1.54) is 0 Å². The van der Waals surface area contributed by atoms with Crippen molar-refractivity contribution >= 4 is 11.9 Å². The summed E-state index contributed by atoms with van der Waals surface area (Å²) in [7, 11) is 0. The van der Waals surface area contributed by atoms with Gasteiger partial charge in [0.2, 0.25) is 5.91 Å². The van der Waals surface area contributed by atoms with Crippen molar-refractivity contribution in [1.82, 2.24) is 5.32 Å². The number of ether oxygens (including phenoxy) is 1. The highest BCUT2D eigenvalue weighted by Gasteiger charge is 2.45. The first-order valence-electron chi connectivity index (χ1n) is 9.33. The van der Waals surface area contributed by atoms with Crippen LogP contribution < -0.4 is 10.1 Å². The topological polar surface area (TPSA) is 75.6 Å². The molecule has 0 unspecified atom stereocenters. The lowest BCUT2D eigenvalue weighted by Gasteiger charge is -2.36. The van der Waals surface area contributed by atoms with Crippen LogP contribution in [0.3, 0.4) is 0 Å². The molecule has 1 saturated carbocycles. The summed E-state index contributed by atoms with van der Waals surface area (Å²) in [5.41, 5.74) is 1.38. The molecule has 2 aromatic carbocycles. The van der Waals surface area contributed by atoms with Crippen molar-refractivity contribution in [3.63, 3.8) is 0 Å². The second-order valence-electron chi connectivity index (χ2n) is 7.13. The highest BCUT2D eigenvalue weighted by molar-refractivity contribution is 5.85. The number of carbonyl (C=O) groups is 2. The van der Waals surface area contributed by atoms with E-state index in [1.807, 2.05) is 54.6 Å². The molecule has 1 amide bonds. The molecule has 1 fully saturated rings. The van der Waals surface area contributed by atoms with Crippen LogP contribution in [0.2, 0.25) is 0 Å². The summed E-state index contributed by atoms with van der Waals surface area (Å²) in [4.78, 5) is 23.3. The number of nitrogens with one attached hydrogen (secondary N) is 1. The minimum atomic E-state index is -0.852. The van der Waals surface area contributed by atoms with Crippen LogP contribution in [0.5, 0.6) is 5.75 Å². The van der Waals surface area contributed by atoms with Gasteiger partial charge in [-0.3, -0.25) is 9.59 Å². The van der Waals surface area contributed by atoms with E-state index in [0.29, 0.717) is 32.4 Å². The van der Waals surface area contributed by atoms with Gasteiger partial charge in [0.25, 0.3) is 0 Å². The zero-order chi connectivity index (χ0) is 19.1. The van der Waals surface area contributed by atoms with Crippen LogP contribution in [0.25, 0.3) is 0 Å². The summed E-state index contributed by atoms with van der Waals surface area (Å²) in [5.74, 6) is -0.227. The smallest absolute Gasteiger partial charge is 0.310 e. The van der Waals surface area contributed by atoms with E-state index in [4.69, 9.17) is 4.74 Å². The van der Waals surface area contributed by atoms with Crippen molar-refractivity contribution in [2.24, 2.45) is 5.41 Å². The number of amides is 1. The lowest BCUT2D eigenvalue weighted by atomic mass is 9.66. The minimum absolute atomic E-state index is 0.0780. The van der Waals surface area contributed by atoms with Crippen molar-refractivity contribution in [2.75, 3.05) is 6.54 Å². The fourth-order valence-corrected chi connectivity index (χ4v) is 3.28. The monoisotopic (exact) mass is 367 g/mol. The Labute approximate surface area is 159 Å². The summed E-state index contributed by atoms with van der Waals surface area (Å²) in [6.07, 6.45) is 2.86. The van der Waals surface area contributed by atoms with Gasteiger partial charge in [0, 0.05) is 13.0 Å². The zero-order valence-electron chi connectivity index (χ0n) is 15.3. The molecule has 3 rings (SSSR count). The summed E-state index contributed by atoms with van der Waals surface area (Å²) in [6.45, 7) is 1.03. The molecule has 0 aliphatic heterocycles. The van der Waals surface area contributed by atoms with E-state index in [-0.39, 0.29) is 12.3 Å². The van der Waals surface area contributed by atoms with Crippen molar-refractivity contribution in [3.8, 4) is 5.75 Å². The molecule has 2 aromatic rings. The van der Waals surface area contributed by atoms with Crippen LogP contribution in [0.15, 0.2) is 54.6 Å². The molecular formula is C22H25NO4. The number of carboxylic acids is 1. The average Bonchev–Trinajstić information content (AvgIpc) is 2.64. The standard InChI is InChI=1S/C22H25NO4/c24-20(15-22(21(25)26)12-4-13-22)23-14-11-17-7-9-19(10-8-17)27-16-18-5-2-1-3-6-18/h1-3,5-10H,4,11-16H2,(H,23,24)(H,25,26). The maximum absolute atomic E-state index is 12.0. The fraction of sp³-hybridized carbons (Fsp3) is 0.364. The second-order valence-corrected chi connectivity index (χ2v) is 7.13. The second kappa shape index (κ2) is 8.71. The molecule has 0 heterocycles. The lowest BCUT2D eigenvalue weighted by molar-refractivity contribution is -0.157. The van der Waals surface area contributed by atoms with Gasteiger partial charge in [0.05, 0.1) is 5.41 Å². The third kappa shape index (κ3) is 5.09. The molecular weight excluding hydrogens is 342 g/mol. The molecule has 142 valence electrons. The van der Waals surface area contributed by atoms with Crippen LogP contribution in [0.1, 0.15) is 36.8 Å². The largest absolute Gasteiger partial charge is 0.489 e. The Morgan fingerprint density at radius 2 is 1.70 bits per heavy atom. The maximum Gasteiger partial charge on any atom is 0.310 e. The molecule has 2 N–H and O–H groups in total. The molecule has 0 radical (unpaired) electrons. The Morgan fingerprint density at radius 3 is 2.30 bits per heavy atom. The Kier molecular flexibility index (Phi) is 6.12. The van der Waals surface area contributed by atoms with Gasteiger partial charge in [-0.25, -0.2) is 0 Å². The Balaban J connectivity index is 1.39. The lowest BCUT2D eigenvalue weighted by Crippen LogP contribution is -2.42. The van der Waals surface area contributed by atoms with E-state index < -0.39 is 11.4 Å². The molecule has 1 aliphatic rings. The molecule has 5 heteroatoms. The Morgan fingerprint density at radius 1 is 1.00 bits per heavy atom. The molecule has 5 nitrogen and oxygen atoms in total. The van der Waals surface area contributed by atoms with E-state index in [1.54, 1.807) is 0 Å². The number of hydrogen-bond donors (Lipinski definition) is 2. The van der Waals surface area contributed by atoms with Gasteiger partial charge in [-0.1, -0.05) is 48.9 Å². The van der Waals surface area contributed by atoms with Gasteiger partial charge in [-0.05, 0) is 42.5 Å². The SMILES string of the molecule is O=C(CC1(C(=O)O)CCC1)NCCc1ccc(OCc2ccccc2)cc1. The van der Waals surface area contributed by atoms with Gasteiger partial charge in [0.1, 0.15) is 12.4 Å². The first kappa shape index (κ1) is 19.0. The van der Waals surface area contributed by atoms with Crippen molar-refractivity contribution in [2.45, 2.75) is 38.7 Å². The molecule has 27 heavy (non-hydrogen) atoms. The number of carbonyl (C=O) groups excluding carboxylic acids is 1. The summed E-state index contributed by atoms with van der Waals surface area (Å²) in [5, 5.41) is 12.1.